The third-order valence-electron chi connectivity index (χ3n) is 4.18. The van der Waals surface area contributed by atoms with Crippen molar-refractivity contribution < 1.29 is 4.79 Å². The number of carbonyl (C=O) groups is 1. The van der Waals surface area contributed by atoms with Crippen LogP contribution in [0.1, 0.15) is 36.8 Å². The Morgan fingerprint density at radius 1 is 1.45 bits per heavy atom. The van der Waals surface area contributed by atoms with Gasteiger partial charge in [0.1, 0.15) is 0 Å². The summed E-state index contributed by atoms with van der Waals surface area (Å²) in [5.74, 6) is 0.167. The molecule has 1 aliphatic rings. The van der Waals surface area contributed by atoms with Gasteiger partial charge in [-0.1, -0.05) is 18.3 Å². The molecule has 0 spiro atoms. The zero-order valence-corrected chi connectivity index (χ0v) is 15.2. The van der Waals surface area contributed by atoms with Gasteiger partial charge in [-0.05, 0) is 33.2 Å². The van der Waals surface area contributed by atoms with E-state index in [9.17, 15) is 9.59 Å². The molecule has 2 heterocycles. The van der Waals surface area contributed by atoms with Crippen LogP contribution in [0.15, 0.2) is 4.79 Å². The number of thiazole rings is 1. The van der Waals surface area contributed by atoms with E-state index in [1.54, 1.807) is 4.57 Å². The largest absolute Gasteiger partial charge is 0.338 e. The van der Waals surface area contributed by atoms with E-state index in [4.69, 9.17) is 0 Å². The van der Waals surface area contributed by atoms with Crippen LogP contribution in [0.4, 0.5) is 0 Å². The van der Waals surface area contributed by atoms with Gasteiger partial charge in [0.15, 0.2) is 0 Å². The standard InChI is InChI=1S/C15H25N3O2S.ClH/c1-4-8-18(13-5-7-16-10-13)14(19)6-9-17-11(2)12(3)21-15(17)20;/h13,16H,4-10H2,1-3H3;1H. The van der Waals surface area contributed by atoms with Crippen molar-refractivity contribution in [2.75, 3.05) is 19.6 Å². The maximum absolute atomic E-state index is 12.5. The highest BCUT2D eigenvalue weighted by Crippen LogP contribution is 2.13. The van der Waals surface area contributed by atoms with Crippen molar-refractivity contribution in [1.29, 1.82) is 0 Å². The predicted molar refractivity (Wildman–Crippen MR) is 93.2 cm³/mol. The Morgan fingerprint density at radius 2 is 2.18 bits per heavy atom. The molecule has 1 fully saturated rings. The van der Waals surface area contributed by atoms with Crippen molar-refractivity contribution in [2.24, 2.45) is 0 Å². The monoisotopic (exact) mass is 347 g/mol. The number of rotatable bonds is 6. The van der Waals surface area contributed by atoms with Crippen molar-refractivity contribution in [1.82, 2.24) is 14.8 Å². The molecule has 1 unspecified atom stereocenters. The lowest BCUT2D eigenvalue weighted by Crippen LogP contribution is -2.42. The minimum atomic E-state index is 0. The average Bonchev–Trinajstić information content (AvgIpc) is 3.05. The fourth-order valence-corrected chi connectivity index (χ4v) is 3.71. The van der Waals surface area contributed by atoms with Crippen molar-refractivity contribution in [3.63, 3.8) is 0 Å². The Hall–Kier alpha value is -0.850. The number of nitrogens with one attached hydrogen (secondary N) is 1. The van der Waals surface area contributed by atoms with Crippen molar-refractivity contribution in [3.8, 4) is 0 Å². The van der Waals surface area contributed by atoms with Gasteiger partial charge in [0.2, 0.25) is 5.91 Å². The van der Waals surface area contributed by atoms with E-state index in [1.165, 1.54) is 11.3 Å². The van der Waals surface area contributed by atoms with Crippen LogP contribution in [-0.2, 0) is 11.3 Å². The molecule has 2 rings (SSSR count). The van der Waals surface area contributed by atoms with Crippen molar-refractivity contribution in [3.05, 3.63) is 20.2 Å². The number of hydrogen-bond acceptors (Lipinski definition) is 4. The predicted octanol–water partition coefficient (Wildman–Crippen LogP) is 1.94. The second-order valence-electron chi connectivity index (χ2n) is 5.64. The highest BCUT2D eigenvalue weighted by atomic mass is 35.5. The first kappa shape index (κ1) is 19.2. The van der Waals surface area contributed by atoms with Crippen LogP contribution in [0.5, 0.6) is 0 Å². The van der Waals surface area contributed by atoms with Crippen LogP contribution in [0, 0.1) is 13.8 Å². The summed E-state index contributed by atoms with van der Waals surface area (Å²) in [6.07, 6.45) is 2.41. The van der Waals surface area contributed by atoms with Crippen molar-refractivity contribution in [2.45, 2.75) is 52.6 Å². The quantitative estimate of drug-likeness (QED) is 0.855. The number of carbonyl (C=O) groups excluding carboxylic acids is 1. The Morgan fingerprint density at radius 3 is 2.68 bits per heavy atom. The molecular weight excluding hydrogens is 322 g/mol. The van der Waals surface area contributed by atoms with E-state index in [-0.39, 0.29) is 23.2 Å². The number of aromatic nitrogens is 1. The maximum atomic E-state index is 12.5. The second-order valence-corrected chi connectivity index (χ2v) is 6.81. The first-order valence-electron chi connectivity index (χ1n) is 7.71. The molecular formula is C15H26ClN3O2S. The number of hydrogen-bond donors (Lipinski definition) is 1. The number of halogens is 1. The summed E-state index contributed by atoms with van der Waals surface area (Å²) in [7, 11) is 0. The highest BCUT2D eigenvalue weighted by Gasteiger charge is 2.25. The highest BCUT2D eigenvalue weighted by molar-refractivity contribution is 7.09. The Bertz CT molecular complexity index is 549. The van der Waals surface area contributed by atoms with Crippen LogP contribution in [0.2, 0.25) is 0 Å². The minimum absolute atomic E-state index is 0. The molecule has 0 bridgehead atoms. The topological polar surface area (TPSA) is 54.3 Å². The van der Waals surface area contributed by atoms with Gasteiger partial charge in [-0.15, -0.1) is 12.4 Å². The first-order valence-corrected chi connectivity index (χ1v) is 8.53. The lowest BCUT2D eigenvalue weighted by Gasteiger charge is -2.28. The SMILES string of the molecule is CCCN(C(=O)CCn1c(C)c(C)sc1=O)C1CCNC1.Cl. The molecule has 1 aromatic heterocycles. The normalized spacial score (nSPS) is 17.3. The van der Waals surface area contributed by atoms with Gasteiger partial charge in [0.05, 0.1) is 0 Å². The zero-order chi connectivity index (χ0) is 15.4. The molecule has 1 atom stereocenters. The summed E-state index contributed by atoms with van der Waals surface area (Å²) in [6, 6.07) is 0.319. The molecule has 5 nitrogen and oxygen atoms in total. The molecule has 1 amide bonds. The fraction of sp³-hybridized carbons (Fsp3) is 0.733. The van der Waals surface area contributed by atoms with Gasteiger partial charge in [-0.25, -0.2) is 0 Å². The molecule has 0 aromatic carbocycles. The summed E-state index contributed by atoms with van der Waals surface area (Å²) >= 11 is 1.26. The molecule has 1 aromatic rings. The van der Waals surface area contributed by atoms with E-state index in [1.807, 2.05) is 18.7 Å². The number of nitrogens with zero attached hydrogens (tertiary/aromatic N) is 2. The lowest BCUT2D eigenvalue weighted by molar-refractivity contribution is -0.133. The van der Waals surface area contributed by atoms with Gasteiger partial charge in [0.25, 0.3) is 0 Å². The first-order chi connectivity index (χ1) is 10.0. The summed E-state index contributed by atoms with van der Waals surface area (Å²) in [5, 5.41) is 3.31. The Kier molecular flexibility index (Phi) is 7.59. The molecule has 126 valence electrons. The molecule has 1 aliphatic heterocycles. The van der Waals surface area contributed by atoms with Gasteiger partial charge < -0.3 is 14.8 Å². The van der Waals surface area contributed by atoms with E-state index in [2.05, 4.69) is 12.2 Å². The zero-order valence-electron chi connectivity index (χ0n) is 13.6. The maximum Gasteiger partial charge on any atom is 0.307 e. The van der Waals surface area contributed by atoms with Gasteiger partial charge in [-0.2, -0.15) is 0 Å². The van der Waals surface area contributed by atoms with Crippen molar-refractivity contribution >= 4 is 29.7 Å². The third kappa shape index (κ3) is 4.33. The van der Waals surface area contributed by atoms with Crippen LogP contribution < -0.4 is 10.2 Å². The lowest BCUT2D eigenvalue weighted by atomic mass is 10.2. The molecule has 22 heavy (non-hydrogen) atoms. The molecule has 7 heteroatoms. The molecule has 1 N–H and O–H groups in total. The van der Waals surface area contributed by atoms with E-state index >= 15 is 0 Å². The summed E-state index contributed by atoms with van der Waals surface area (Å²) < 4.78 is 1.73. The van der Waals surface area contributed by atoms with Crippen LogP contribution in [0.25, 0.3) is 0 Å². The summed E-state index contributed by atoms with van der Waals surface area (Å²) in [6.45, 7) is 9.17. The second kappa shape index (κ2) is 8.70. The molecule has 0 aliphatic carbocycles. The van der Waals surface area contributed by atoms with E-state index in [0.29, 0.717) is 19.0 Å². The van der Waals surface area contributed by atoms with Gasteiger partial charge in [0, 0.05) is 42.7 Å². The Labute approximate surface area is 142 Å². The number of aryl methyl sites for hydroxylation is 1. The summed E-state index contributed by atoms with van der Waals surface area (Å²) in [5.41, 5.74) is 0.988. The van der Waals surface area contributed by atoms with Crippen LogP contribution in [-0.4, -0.2) is 41.1 Å². The third-order valence-corrected chi connectivity index (χ3v) is 5.18. The molecule has 1 saturated heterocycles. The molecule has 0 saturated carbocycles. The fourth-order valence-electron chi connectivity index (χ4n) is 2.85. The number of amides is 1. The molecule has 0 radical (unpaired) electrons. The van der Waals surface area contributed by atoms with Gasteiger partial charge >= 0.3 is 4.87 Å². The van der Waals surface area contributed by atoms with E-state index in [0.717, 1.165) is 43.0 Å². The van der Waals surface area contributed by atoms with Crippen LogP contribution >= 0.6 is 23.7 Å². The van der Waals surface area contributed by atoms with Crippen LogP contribution in [0.3, 0.4) is 0 Å². The average molecular weight is 348 g/mol. The Balaban J connectivity index is 0.00000242. The minimum Gasteiger partial charge on any atom is -0.338 e. The van der Waals surface area contributed by atoms with Gasteiger partial charge in [-0.3, -0.25) is 9.59 Å². The van der Waals surface area contributed by atoms with E-state index < -0.39 is 0 Å². The summed E-state index contributed by atoms with van der Waals surface area (Å²) in [4.78, 5) is 27.5. The smallest absolute Gasteiger partial charge is 0.307 e.